The third-order valence-corrected chi connectivity index (χ3v) is 7.83. The van der Waals surface area contributed by atoms with Gasteiger partial charge in [0, 0.05) is 18.1 Å². The molecular formula is C23H29ClN2O3S. The van der Waals surface area contributed by atoms with Gasteiger partial charge in [0.15, 0.2) is 0 Å². The predicted molar refractivity (Wildman–Crippen MR) is 121 cm³/mol. The fourth-order valence-corrected chi connectivity index (χ4v) is 5.60. The van der Waals surface area contributed by atoms with E-state index in [2.05, 4.69) is 31.3 Å². The second kappa shape index (κ2) is 9.50. The van der Waals surface area contributed by atoms with Gasteiger partial charge in [-0.15, -0.1) is 0 Å². The first-order chi connectivity index (χ1) is 14.2. The van der Waals surface area contributed by atoms with E-state index in [1.807, 2.05) is 13.0 Å². The highest BCUT2D eigenvalue weighted by molar-refractivity contribution is 7.88. The number of hydrogen-bond acceptors (Lipinski definition) is 3. The minimum atomic E-state index is -3.52. The van der Waals surface area contributed by atoms with Crippen molar-refractivity contribution in [2.75, 3.05) is 13.1 Å². The van der Waals surface area contributed by atoms with Gasteiger partial charge >= 0.3 is 0 Å². The fourth-order valence-electron chi connectivity index (χ4n) is 3.79. The minimum absolute atomic E-state index is 0.0941. The molecule has 0 radical (unpaired) electrons. The molecule has 1 saturated heterocycles. The van der Waals surface area contributed by atoms with E-state index >= 15 is 0 Å². The maximum absolute atomic E-state index is 12.9. The SMILES string of the molecule is Cc1ccc([C@H](C)NC(=O)[C@@H]2CCCN(S(=O)(=O)Cc3cccc(Cl)c3)C2)cc1C. The summed E-state index contributed by atoms with van der Waals surface area (Å²) in [6.07, 6.45) is 1.36. The lowest BCUT2D eigenvalue weighted by atomic mass is 9.97. The largest absolute Gasteiger partial charge is 0.349 e. The third-order valence-electron chi connectivity index (χ3n) is 5.78. The number of benzene rings is 2. The second-order valence-electron chi connectivity index (χ2n) is 8.16. The summed E-state index contributed by atoms with van der Waals surface area (Å²) in [6, 6.07) is 12.9. The lowest BCUT2D eigenvalue weighted by molar-refractivity contribution is -0.126. The van der Waals surface area contributed by atoms with Gasteiger partial charge in [-0.1, -0.05) is 41.9 Å². The topological polar surface area (TPSA) is 66.5 Å². The number of hydrogen-bond donors (Lipinski definition) is 1. The standard InChI is InChI=1S/C23H29ClN2O3S/c1-16-9-10-20(12-17(16)2)18(3)25-23(27)21-7-5-11-26(14-21)30(28,29)15-19-6-4-8-22(24)13-19/h4,6,8-10,12-13,18,21H,5,7,11,14-15H2,1-3H3,(H,25,27)/t18-,21+/m0/s1. The third kappa shape index (κ3) is 5.62. The first-order valence-electron chi connectivity index (χ1n) is 10.3. The van der Waals surface area contributed by atoms with Crippen molar-refractivity contribution in [1.82, 2.24) is 9.62 Å². The van der Waals surface area contributed by atoms with E-state index in [1.165, 1.54) is 15.4 Å². The van der Waals surface area contributed by atoms with E-state index in [4.69, 9.17) is 11.6 Å². The Morgan fingerprint density at radius 2 is 1.97 bits per heavy atom. The van der Waals surface area contributed by atoms with E-state index < -0.39 is 10.0 Å². The van der Waals surface area contributed by atoms with Gasteiger partial charge in [-0.25, -0.2) is 12.7 Å². The zero-order valence-corrected chi connectivity index (χ0v) is 19.3. The molecule has 0 spiro atoms. The molecule has 0 bridgehead atoms. The number of nitrogens with zero attached hydrogens (tertiary/aromatic N) is 1. The van der Waals surface area contributed by atoms with Crippen LogP contribution in [0.2, 0.25) is 5.02 Å². The molecule has 2 aromatic rings. The van der Waals surface area contributed by atoms with Crippen molar-refractivity contribution in [2.24, 2.45) is 5.92 Å². The van der Waals surface area contributed by atoms with Crippen molar-refractivity contribution in [3.8, 4) is 0 Å². The van der Waals surface area contributed by atoms with Gasteiger partial charge in [0.2, 0.25) is 15.9 Å². The van der Waals surface area contributed by atoms with Crippen molar-refractivity contribution in [1.29, 1.82) is 0 Å². The smallest absolute Gasteiger partial charge is 0.224 e. The van der Waals surface area contributed by atoms with Crippen LogP contribution >= 0.6 is 11.6 Å². The van der Waals surface area contributed by atoms with Crippen LogP contribution in [0, 0.1) is 19.8 Å². The molecule has 0 unspecified atom stereocenters. The van der Waals surface area contributed by atoms with Gasteiger partial charge in [0.1, 0.15) is 0 Å². The molecule has 162 valence electrons. The van der Waals surface area contributed by atoms with Gasteiger partial charge in [0.25, 0.3) is 0 Å². The number of halogens is 1. The van der Waals surface area contributed by atoms with E-state index in [1.54, 1.807) is 24.3 Å². The highest BCUT2D eigenvalue weighted by atomic mass is 35.5. The maximum atomic E-state index is 12.9. The van der Waals surface area contributed by atoms with Crippen LogP contribution in [0.25, 0.3) is 0 Å². The molecule has 2 atom stereocenters. The number of carbonyl (C=O) groups excluding carboxylic acids is 1. The average Bonchev–Trinajstić information content (AvgIpc) is 2.69. The van der Waals surface area contributed by atoms with Gasteiger partial charge in [-0.3, -0.25) is 4.79 Å². The minimum Gasteiger partial charge on any atom is -0.349 e. The monoisotopic (exact) mass is 448 g/mol. The molecule has 0 aromatic heterocycles. The van der Waals surface area contributed by atoms with Gasteiger partial charge < -0.3 is 5.32 Å². The number of piperidine rings is 1. The molecule has 1 aliphatic rings. The van der Waals surface area contributed by atoms with Crippen molar-refractivity contribution < 1.29 is 13.2 Å². The quantitative estimate of drug-likeness (QED) is 0.713. The summed E-state index contributed by atoms with van der Waals surface area (Å²) in [7, 11) is -3.52. The highest BCUT2D eigenvalue weighted by Gasteiger charge is 2.32. The number of amides is 1. The number of nitrogens with one attached hydrogen (secondary N) is 1. The van der Waals surface area contributed by atoms with Crippen LogP contribution in [0.1, 0.15) is 48.1 Å². The zero-order chi connectivity index (χ0) is 21.9. The molecular weight excluding hydrogens is 420 g/mol. The van der Waals surface area contributed by atoms with E-state index in [9.17, 15) is 13.2 Å². The van der Waals surface area contributed by atoms with Crippen LogP contribution in [0.5, 0.6) is 0 Å². The van der Waals surface area contributed by atoms with Gasteiger partial charge in [0.05, 0.1) is 17.7 Å². The van der Waals surface area contributed by atoms with E-state index in [0.29, 0.717) is 30.0 Å². The Bertz CT molecular complexity index is 1020. The summed E-state index contributed by atoms with van der Waals surface area (Å²) >= 11 is 5.98. The molecule has 30 heavy (non-hydrogen) atoms. The molecule has 3 rings (SSSR count). The fraction of sp³-hybridized carbons (Fsp3) is 0.435. The Balaban J connectivity index is 1.64. The number of sulfonamides is 1. The van der Waals surface area contributed by atoms with Gasteiger partial charge in [-0.2, -0.15) is 0 Å². The Labute approximate surface area is 184 Å². The molecule has 0 saturated carbocycles. The molecule has 1 amide bonds. The first kappa shape index (κ1) is 22.8. The average molecular weight is 449 g/mol. The summed E-state index contributed by atoms with van der Waals surface area (Å²) in [5, 5.41) is 3.58. The van der Waals surface area contributed by atoms with Crippen molar-refractivity contribution >= 4 is 27.5 Å². The van der Waals surface area contributed by atoms with Crippen LogP contribution in [-0.4, -0.2) is 31.7 Å². The van der Waals surface area contributed by atoms with Crippen molar-refractivity contribution in [3.63, 3.8) is 0 Å². The molecule has 1 heterocycles. The van der Waals surface area contributed by atoms with Crippen LogP contribution in [0.3, 0.4) is 0 Å². The summed E-state index contributed by atoms with van der Waals surface area (Å²) in [4.78, 5) is 12.9. The molecule has 5 nitrogen and oxygen atoms in total. The van der Waals surface area contributed by atoms with Crippen LogP contribution in [0.15, 0.2) is 42.5 Å². The Hall–Kier alpha value is -1.89. The van der Waals surface area contributed by atoms with Crippen LogP contribution in [0.4, 0.5) is 0 Å². The zero-order valence-electron chi connectivity index (χ0n) is 17.7. The summed E-state index contributed by atoms with van der Waals surface area (Å²) in [5.74, 6) is -0.550. The molecule has 1 aliphatic heterocycles. The van der Waals surface area contributed by atoms with Gasteiger partial charge in [-0.05, 0) is 68.0 Å². The molecule has 1 fully saturated rings. The number of carbonyl (C=O) groups is 1. The molecule has 0 aliphatic carbocycles. The number of aryl methyl sites for hydroxylation is 2. The summed E-state index contributed by atoms with van der Waals surface area (Å²) in [5.41, 5.74) is 4.10. The second-order valence-corrected chi connectivity index (χ2v) is 10.6. The van der Waals surface area contributed by atoms with Crippen molar-refractivity contribution in [3.05, 3.63) is 69.7 Å². The lowest BCUT2D eigenvalue weighted by Crippen LogP contribution is -2.46. The Morgan fingerprint density at radius 3 is 2.67 bits per heavy atom. The maximum Gasteiger partial charge on any atom is 0.224 e. The van der Waals surface area contributed by atoms with Crippen molar-refractivity contribution in [2.45, 2.75) is 45.4 Å². The first-order valence-corrected chi connectivity index (χ1v) is 12.2. The van der Waals surface area contributed by atoms with Crippen LogP contribution in [-0.2, 0) is 20.6 Å². The Kier molecular flexibility index (Phi) is 7.22. The van der Waals surface area contributed by atoms with E-state index in [-0.39, 0.29) is 30.2 Å². The lowest BCUT2D eigenvalue weighted by Gasteiger charge is -2.32. The predicted octanol–water partition coefficient (Wildman–Crippen LogP) is 4.38. The number of rotatable bonds is 6. The summed E-state index contributed by atoms with van der Waals surface area (Å²) < 4.78 is 27.2. The molecule has 2 aromatic carbocycles. The van der Waals surface area contributed by atoms with E-state index in [0.717, 1.165) is 5.56 Å². The normalized spacial score (nSPS) is 18.7. The molecule has 1 N–H and O–H groups in total. The highest BCUT2D eigenvalue weighted by Crippen LogP contribution is 2.24. The summed E-state index contributed by atoms with van der Waals surface area (Å²) in [6.45, 7) is 6.73. The van der Waals surface area contributed by atoms with Crippen LogP contribution < -0.4 is 5.32 Å². The molecule has 7 heteroatoms. The Morgan fingerprint density at radius 1 is 1.20 bits per heavy atom.